The van der Waals surface area contributed by atoms with Gasteiger partial charge in [0.25, 0.3) is 10.0 Å². The summed E-state index contributed by atoms with van der Waals surface area (Å²) in [6.45, 7) is 1.82. The van der Waals surface area contributed by atoms with Crippen LogP contribution < -0.4 is 9.46 Å². The van der Waals surface area contributed by atoms with Gasteiger partial charge in [-0.25, -0.2) is 8.42 Å². The van der Waals surface area contributed by atoms with Gasteiger partial charge in [0.15, 0.2) is 0 Å². The molecule has 0 saturated heterocycles. The van der Waals surface area contributed by atoms with Crippen molar-refractivity contribution in [3.05, 3.63) is 52.5 Å². The lowest BCUT2D eigenvalue weighted by atomic mass is 10.1. The van der Waals surface area contributed by atoms with Crippen LogP contribution in [-0.4, -0.2) is 15.5 Å². The summed E-state index contributed by atoms with van der Waals surface area (Å²) in [6, 6.07) is 6.63. The fourth-order valence-corrected chi connectivity index (χ4v) is 3.52. The minimum absolute atomic E-state index is 0.0985. The summed E-state index contributed by atoms with van der Waals surface area (Å²) in [5.41, 5.74) is -0.690. The molecule has 0 spiro atoms. The van der Waals surface area contributed by atoms with Gasteiger partial charge in [-0.05, 0) is 48.4 Å². The number of halogens is 4. The van der Waals surface area contributed by atoms with E-state index in [0.717, 1.165) is 12.1 Å². The second kappa shape index (κ2) is 7.13. The smallest absolute Gasteiger partial charge is 0.416 e. The van der Waals surface area contributed by atoms with Crippen molar-refractivity contribution in [2.24, 2.45) is 0 Å². The van der Waals surface area contributed by atoms with Crippen molar-refractivity contribution in [3.63, 3.8) is 0 Å². The van der Waals surface area contributed by atoms with E-state index in [-0.39, 0.29) is 15.6 Å². The lowest BCUT2D eigenvalue weighted by molar-refractivity contribution is -0.137. The van der Waals surface area contributed by atoms with Crippen LogP contribution in [-0.2, 0) is 22.6 Å². The van der Waals surface area contributed by atoms with Crippen LogP contribution in [0.1, 0.15) is 18.1 Å². The molecular weight excluding hydrogens is 379 g/mol. The van der Waals surface area contributed by atoms with Crippen LogP contribution >= 0.6 is 11.6 Å². The van der Waals surface area contributed by atoms with Gasteiger partial charge in [0.05, 0.1) is 28.3 Å². The first-order valence-electron chi connectivity index (χ1n) is 7.15. The zero-order valence-corrected chi connectivity index (χ0v) is 14.9. The summed E-state index contributed by atoms with van der Waals surface area (Å²) in [6.07, 6.45) is -4.09. The minimum Gasteiger partial charge on any atom is -0.496 e. The maximum absolute atomic E-state index is 12.8. The summed E-state index contributed by atoms with van der Waals surface area (Å²) >= 11 is 5.83. The van der Waals surface area contributed by atoms with Gasteiger partial charge in [-0.2, -0.15) is 13.2 Å². The maximum Gasteiger partial charge on any atom is 0.416 e. The number of benzene rings is 2. The van der Waals surface area contributed by atoms with Crippen molar-refractivity contribution >= 4 is 27.3 Å². The average molecular weight is 394 g/mol. The van der Waals surface area contributed by atoms with Crippen LogP contribution in [0.15, 0.2) is 41.3 Å². The fourth-order valence-electron chi connectivity index (χ4n) is 2.18. The Labute approximate surface area is 148 Å². The normalized spacial score (nSPS) is 12.1. The van der Waals surface area contributed by atoms with Crippen molar-refractivity contribution < 1.29 is 26.3 Å². The molecule has 9 heteroatoms. The van der Waals surface area contributed by atoms with E-state index in [1.165, 1.54) is 25.3 Å². The van der Waals surface area contributed by atoms with Crippen LogP contribution in [0.25, 0.3) is 0 Å². The second-order valence-electron chi connectivity index (χ2n) is 5.13. The first-order valence-corrected chi connectivity index (χ1v) is 9.01. The third-order valence-corrected chi connectivity index (χ3v) is 5.17. The molecule has 0 radical (unpaired) electrons. The van der Waals surface area contributed by atoms with Gasteiger partial charge in [0.1, 0.15) is 5.75 Å². The molecule has 0 fully saturated rings. The zero-order valence-electron chi connectivity index (χ0n) is 13.3. The van der Waals surface area contributed by atoms with Gasteiger partial charge < -0.3 is 4.74 Å². The maximum atomic E-state index is 12.8. The van der Waals surface area contributed by atoms with Crippen molar-refractivity contribution in [2.75, 3.05) is 11.8 Å². The summed E-state index contributed by atoms with van der Waals surface area (Å²) in [7, 11) is -2.65. The van der Waals surface area contributed by atoms with Crippen molar-refractivity contribution in [1.29, 1.82) is 0 Å². The number of hydrogen-bond acceptors (Lipinski definition) is 3. The molecular formula is C16H15ClF3NO3S. The lowest BCUT2D eigenvalue weighted by Gasteiger charge is -2.14. The highest BCUT2D eigenvalue weighted by molar-refractivity contribution is 7.92. The molecule has 0 amide bonds. The summed E-state index contributed by atoms with van der Waals surface area (Å²) in [5.74, 6) is 0.526. The Kier molecular flexibility index (Phi) is 5.53. The highest BCUT2D eigenvalue weighted by atomic mass is 35.5. The van der Waals surface area contributed by atoms with E-state index < -0.39 is 21.8 Å². The molecule has 1 N–H and O–H groups in total. The van der Waals surface area contributed by atoms with E-state index >= 15 is 0 Å². The van der Waals surface area contributed by atoms with Crippen LogP contribution in [0.3, 0.4) is 0 Å². The molecule has 0 heterocycles. The molecule has 25 heavy (non-hydrogen) atoms. The highest BCUT2D eigenvalue weighted by Crippen LogP contribution is 2.35. The molecule has 0 bridgehead atoms. The number of nitrogens with one attached hydrogen (secondary N) is 1. The van der Waals surface area contributed by atoms with Gasteiger partial charge in [0, 0.05) is 0 Å². The first-order chi connectivity index (χ1) is 11.6. The number of aryl methyl sites for hydroxylation is 1. The average Bonchev–Trinajstić information content (AvgIpc) is 2.54. The topological polar surface area (TPSA) is 55.4 Å². The number of sulfonamides is 1. The van der Waals surface area contributed by atoms with Crippen molar-refractivity contribution in [3.8, 4) is 5.75 Å². The number of methoxy groups -OCH3 is 1. The highest BCUT2D eigenvalue weighted by Gasteiger charge is 2.31. The summed E-state index contributed by atoms with van der Waals surface area (Å²) in [5, 5.41) is -0.138. The Balaban J connectivity index is 2.43. The molecule has 0 aliphatic carbocycles. The van der Waals surface area contributed by atoms with Crippen LogP contribution in [0.5, 0.6) is 5.75 Å². The molecule has 0 aliphatic rings. The van der Waals surface area contributed by atoms with E-state index in [0.29, 0.717) is 23.8 Å². The predicted octanol–water partition coefficient (Wildman–Crippen LogP) is 4.73. The van der Waals surface area contributed by atoms with Crippen molar-refractivity contribution in [1.82, 2.24) is 0 Å². The standard InChI is InChI=1S/C16H15ClF3NO3S/c1-3-10-8-12(5-7-15(10)24-2)25(22,23)21-14-9-11(16(18,19)20)4-6-13(14)17/h4-9,21H,3H2,1-2H3. The molecule has 2 rings (SSSR count). The Hall–Kier alpha value is -1.93. The van der Waals surface area contributed by atoms with Gasteiger partial charge >= 0.3 is 6.18 Å². The largest absolute Gasteiger partial charge is 0.496 e. The van der Waals surface area contributed by atoms with E-state index in [4.69, 9.17) is 16.3 Å². The Morgan fingerprint density at radius 1 is 1.16 bits per heavy atom. The Morgan fingerprint density at radius 3 is 2.40 bits per heavy atom. The molecule has 136 valence electrons. The van der Waals surface area contributed by atoms with Crippen LogP contribution in [0.4, 0.5) is 18.9 Å². The van der Waals surface area contributed by atoms with Gasteiger partial charge in [-0.3, -0.25) is 4.72 Å². The molecule has 0 atom stereocenters. The number of rotatable bonds is 5. The third-order valence-electron chi connectivity index (χ3n) is 3.48. The van der Waals surface area contributed by atoms with E-state index in [9.17, 15) is 21.6 Å². The van der Waals surface area contributed by atoms with Crippen LogP contribution in [0, 0.1) is 0 Å². The molecule has 2 aromatic rings. The quantitative estimate of drug-likeness (QED) is 0.798. The fraction of sp³-hybridized carbons (Fsp3) is 0.250. The molecule has 0 unspecified atom stereocenters. The summed E-state index contributed by atoms with van der Waals surface area (Å²) in [4.78, 5) is -0.0985. The third kappa shape index (κ3) is 4.38. The molecule has 2 aromatic carbocycles. The molecule has 4 nitrogen and oxygen atoms in total. The Morgan fingerprint density at radius 2 is 1.84 bits per heavy atom. The summed E-state index contributed by atoms with van der Waals surface area (Å²) < 4.78 is 70.6. The van der Waals surface area contributed by atoms with E-state index in [1.807, 2.05) is 6.92 Å². The van der Waals surface area contributed by atoms with Gasteiger partial charge in [-0.15, -0.1) is 0 Å². The second-order valence-corrected chi connectivity index (χ2v) is 7.21. The Bertz CT molecular complexity index is 883. The monoisotopic (exact) mass is 393 g/mol. The SMILES string of the molecule is CCc1cc(S(=O)(=O)Nc2cc(C(F)(F)F)ccc2Cl)ccc1OC. The number of hydrogen-bond donors (Lipinski definition) is 1. The van der Waals surface area contributed by atoms with E-state index in [2.05, 4.69) is 4.72 Å². The number of ether oxygens (including phenoxy) is 1. The number of alkyl halides is 3. The molecule has 0 aromatic heterocycles. The van der Waals surface area contributed by atoms with Gasteiger partial charge in [0.2, 0.25) is 0 Å². The molecule has 0 saturated carbocycles. The van der Waals surface area contributed by atoms with E-state index in [1.54, 1.807) is 0 Å². The van der Waals surface area contributed by atoms with Crippen LogP contribution in [0.2, 0.25) is 5.02 Å². The zero-order chi connectivity index (χ0) is 18.8. The first kappa shape index (κ1) is 19.4. The number of anilines is 1. The predicted molar refractivity (Wildman–Crippen MR) is 89.6 cm³/mol. The lowest BCUT2D eigenvalue weighted by Crippen LogP contribution is -2.15. The molecule has 0 aliphatic heterocycles. The minimum atomic E-state index is -4.61. The van der Waals surface area contributed by atoms with Gasteiger partial charge in [-0.1, -0.05) is 18.5 Å². The van der Waals surface area contributed by atoms with Crippen molar-refractivity contribution in [2.45, 2.75) is 24.4 Å².